The van der Waals surface area contributed by atoms with E-state index < -0.39 is 5.54 Å². The van der Waals surface area contributed by atoms with Gasteiger partial charge in [0.25, 0.3) is 0 Å². The van der Waals surface area contributed by atoms with E-state index in [1.807, 2.05) is 7.05 Å². The zero-order chi connectivity index (χ0) is 11.6. The third-order valence-electron chi connectivity index (χ3n) is 3.54. The lowest BCUT2D eigenvalue weighted by Gasteiger charge is -2.35. The molecule has 2 fully saturated rings. The minimum Gasteiger partial charge on any atom is -0.381 e. The van der Waals surface area contributed by atoms with E-state index in [0.717, 1.165) is 26.1 Å². The van der Waals surface area contributed by atoms with E-state index in [1.54, 1.807) is 4.90 Å². The Morgan fingerprint density at radius 2 is 2.00 bits per heavy atom. The van der Waals surface area contributed by atoms with E-state index >= 15 is 0 Å². The predicted octanol–water partition coefficient (Wildman–Crippen LogP) is -0.258. The van der Waals surface area contributed by atoms with Crippen LogP contribution in [0.1, 0.15) is 19.3 Å². The van der Waals surface area contributed by atoms with Crippen molar-refractivity contribution in [3.8, 4) is 0 Å². The summed E-state index contributed by atoms with van der Waals surface area (Å²) in [6.07, 6.45) is 2.43. The van der Waals surface area contributed by atoms with Gasteiger partial charge in [0.05, 0.1) is 6.61 Å². The first kappa shape index (κ1) is 11.8. The van der Waals surface area contributed by atoms with Gasteiger partial charge in [0.2, 0.25) is 5.91 Å². The van der Waals surface area contributed by atoms with Crippen molar-refractivity contribution in [2.24, 2.45) is 5.73 Å². The highest BCUT2D eigenvalue weighted by atomic mass is 16.5. The number of carbonyl (C=O) groups excluding carboxylic acids is 1. The standard InChI is InChI=1S/C11H20N2O3/c1-13(9-2-5-15-6-3-9)10(14)11(12)4-7-16-8-11/h9H,2-8,12H2,1H3. The molecule has 0 aromatic heterocycles. The van der Waals surface area contributed by atoms with Gasteiger partial charge in [-0.25, -0.2) is 0 Å². The lowest BCUT2D eigenvalue weighted by Crippen LogP contribution is -2.57. The Bertz CT molecular complexity index is 258. The van der Waals surface area contributed by atoms with Crippen LogP contribution in [0.5, 0.6) is 0 Å². The van der Waals surface area contributed by atoms with Gasteiger partial charge < -0.3 is 20.1 Å². The van der Waals surface area contributed by atoms with Gasteiger partial charge in [-0.2, -0.15) is 0 Å². The number of likely N-dealkylation sites (N-methyl/N-ethyl adjacent to an activating group) is 1. The number of hydrogen-bond acceptors (Lipinski definition) is 4. The number of carbonyl (C=O) groups is 1. The summed E-state index contributed by atoms with van der Waals surface area (Å²) in [5.41, 5.74) is 5.26. The molecule has 2 N–H and O–H groups in total. The van der Waals surface area contributed by atoms with Crippen molar-refractivity contribution >= 4 is 5.91 Å². The molecule has 0 radical (unpaired) electrons. The van der Waals surface area contributed by atoms with Gasteiger partial charge >= 0.3 is 0 Å². The maximum Gasteiger partial charge on any atom is 0.245 e. The summed E-state index contributed by atoms with van der Waals surface area (Å²) < 4.78 is 10.5. The second kappa shape index (κ2) is 4.69. The zero-order valence-corrected chi connectivity index (χ0v) is 9.78. The second-order valence-electron chi connectivity index (χ2n) is 4.72. The number of amides is 1. The number of ether oxygens (including phenoxy) is 2. The van der Waals surface area contributed by atoms with Crippen molar-refractivity contribution in [2.45, 2.75) is 30.8 Å². The average Bonchev–Trinajstić information content (AvgIpc) is 2.77. The molecule has 92 valence electrons. The van der Waals surface area contributed by atoms with Crippen molar-refractivity contribution in [2.75, 3.05) is 33.5 Å². The van der Waals surface area contributed by atoms with Gasteiger partial charge in [0.1, 0.15) is 5.54 Å². The molecule has 0 aromatic rings. The fraction of sp³-hybridized carbons (Fsp3) is 0.909. The first-order valence-corrected chi connectivity index (χ1v) is 5.85. The highest BCUT2D eigenvalue weighted by Gasteiger charge is 2.41. The maximum atomic E-state index is 12.2. The predicted molar refractivity (Wildman–Crippen MR) is 59.0 cm³/mol. The molecule has 2 heterocycles. The first-order valence-electron chi connectivity index (χ1n) is 5.85. The van der Waals surface area contributed by atoms with Crippen molar-refractivity contribution in [1.29, 1.82) is 0 Å². The lowest BCUT2D eigenvalue weighted by molar-refractivity contribution is -0.139. The Morgan fingerprint density at radius 3 is 2.56 bits per heavy atom. The Labute approximate surface area is 95.9 Å². The van der Waals surface area contributed by atoms with Crippen LogP contribution in [-0.4, -0.2) is 55.9 Å². The minimum atomic E-state index is -0.799. The van der Waals surface area contributed by atoms with E-state index in [0.29, 0.717) is 19.6 Å². The molecule has 0 aromatic carbocycles. The number of nitrogens with zero attached hydrogens (tertiary/aromatic N) is 1. The lowest BCUT2D eigenvalue weighted by atomic mass is 9.96. The van der Waals surface area contributed by atoms with Crippen molar-refractivity contribution in [3.63, 3.8) is 0 Å². The number of rotatable bonds is 2. The first-order chi connectivity index (χ1) is 7.63. The Balaban J connectivity index is 1.97. The quantitative estimate of drug-likeness (QED) is 0.707. The molecule has 2 aliphatic rings. The van der Waals surface area contributed by atoms with E-state index in [-0.39, 0.29) is 11.9 Å². The summed E-state index contributed by atoms with van der Waals surface area (Å²) in [5, 5.41) is 0. The molecule has 1 atom stereocenters. The molecular weight excluding hydrogens is 208 g/mol. The topological polar surface area (TPSA) is 64.8 Å². The molecule has 5 nitrogen and oxygen atoms in total. The smallest absolute Gasteiger partial charge is 0.245 e. The molecule has 0 spiro atoms. The summed E-state index contributed by atoms with van der Waals surface area (Å²) in [4.78, 5) is 14.0. The average molecular weight is 228 g/mol. The van der Waals surface area contributed by atoms with Gasteiger partial charge in [-0.1, -0.05) is 0 Å². The summed E-state index contributed by atoms with van der Waals surface area (Å²) in [5.74, 6) is 0.0110. The molecule has 5 heteroatoms. The molecule has 0 bridgehead atoms. The van der Waals surface area contributed by atoms with Gasteiger partial charge in [-0.05, 0) is 19.3 Å². The molecule has 1 unspecified atom stereocenters. The molecule has 2 saturated heterocycles. The van der Waals surface area contributed by atoms with Crippen LogP contribution < -0.4 is 5.73 Å². The van der Waals surface area contributed by atoms with Crippen molar-refractivity contribution in [3.05, 3.63) is 0 Å². The Morgan fingerprint density at radius 1 is 1.31 bits per heavy atom. The Kier molecular flexibility index (Phi) is 3.47. The normalized spacial score (nSPS) is 31.6. The largest absolute Gasteiger partial charge is 0.381 e. The molecule has 16 heavy (non-hydrogen) atoms. The SMILES string of the molecule is CN(C(=O)C1(N)CCOC1)C1CCOCC1. The van der Waals surface area contributed by atoms with E-state index in [2.05, 4.69) is 0 Å². The van der Waals surface area contributed by atoms with Gasteiger partial charge in [-0.15, -0.1) is 0 Å². The van der Waals surface area contributed by atoms with E-state index in [9.17, 15) is 4.79 Å². The van der Waals surface area contributed by atoms with Crippen LogP contribution in [0.2, 0.25) is 0 Å². The monoisotopic (exact) mass is 228 g/mol. The third-order valence-corrected chi connectivity index (χ3v) is 3.54. The molecule has 1 amide bonds. The van der Waals surface area contributed by atoms with E-state index in [1.165, 1.54) is 0 Å². The fourth-order valence-corrected chi connectivity index (χ4v) is 2.34. The summed E-state index contributed by atoms with van der Waals surface area (Å²) in [6, 6.07) is 0.266. The van der Waals surface area contributed by atoms with E-state index in [4.69, 9.17) is 15.2 Å². The van der Waals surface area contributed by atoms with Crippen LogP contribution in [0.3, 0.4) is 0 Å². The van der Waals surface area contributed by atoms with Gasteiger partial charge in [0.15, 0.2) is 0 Å². The third kappa shape index (κ3) is 2.21. The summed E-state index contributed by atoms with van der Waals surface area (Å²) in [6.45, 7) is 2.40. The molecule has 2 rings (SSSR count). The highest BCUT2D eigenvalue weighted by molar-refractivity contribution is 5.86. The van der Waals surface area contributed by atoms with Crippen LogP contribution in [0.15, 0.2) is 0 Å². The van der Waals surface area contributed by atoms with Crippen LogP contribution in [0.4, 0.5) is 0 Å². The van der Waals surface area contributed by atoms with Crippen LogP contribution in [0.25, 0.3) is 0 Å². The van der Waals surface area contributed by atoms with Gasteiger partial charge in [-0.3, -0.25) is 4.79 Å². The second-order valence-corrected chi connectivity index (χ2v) is 4.72. The molecular formula is C11H20N2O3. The van der Waals surface area contributed by atoms with Gasteiger partial charge in [0, 0.05) is 32.9 Å². The number of nitrogens with two attached hydrogens (primary N) is 1. The van der Waals surface area contributed by atoms with Crippen LogP contribution >= 0.6 is 0 Å². The highest BCUT2D eigenvalue weighted by Crippen LogP contribution is 2.21. The van der Waals surface area contributed by atoms with Crippen molar-refractivity contribution in [1.82, 2.24) is 4.90 Å². The van der Waals surface area contributed by atoms with Crippen molar-refractivity contribution < 1.29 is 14.3 Å². The molecule has 2 aliphatic heterocycles. The molecule has 0 aliphatic carbocycles. The van der Waals surface area contributed by atoms with Crippen LogP contribution in [-0.2, 0) is 14.3 Å². The summed E-state index contributed by atoms with van der Waals surface area (Å²) >= 11 is 0. The minimum absolute atomic E-state index is 0.0110. The maximum absolute atomic E-state index is 12.2. The molecule has 0 saturated carbocycles. The number of hydrogen-bond donors (Lipinski definition) is 1. The Hall–Kier alpha value is -0.650. The van der Waals surface area contributed by atoms with Crippen LogP contribution in [0, 0.1) is 0 Å². The summed E-state index contributed by atoms with van der Waals surface area (Å²) in [7, 11) is 1.84. The zero-order valence-electron chi connectivity index (χ0n) is 9.78. The fourth-order valence-electron chi connectivity index (χ4n) is 2.34.